The van der Waals surface area contributed by atoms with Crippen LogP contribution in [0.15, 0.2) is 54.9 Å². The molecule has 36 heavy (non-hydrogen) atoms. The van der Waals surface area contributed by atoms with Crippen molar-refractivity contribution in [1.82, 2.24) is 29.4 Å². The third-order valence-corrected chi connectivity index (χ3v) is 6.77. The molecule has 10 heteroatoms. The number of hydrogen-bond acceptors (Lipinski definition) is 4. The largest absolute Gasteiger partial charge is 0.416 e. The van der Waals surface area contributed by atoms with Crippen LogP contribution in [0.1, 0.15) is 66.0 Å². The van der Waals surface area contributed by atoms with Crippen molar-refractivity contribution in [3.63, 3.8) is 0 Å². The molecule has 0 N–H and O–H groups in total. The van der Waals surface area contributed by atoms with Gasteiger partial charge in [-0.2, -0.15) is 13.2 Å². The van der Waals surface area contributed by atoms with Crippen molar-refractivity contribution in [1.29, 1.82) is 0 Å². The Kier molecular flexibility index (Phi) is 6.27. The summed E-state index contributed by atoms with van der Waals surface area (Å²) >= 11 is 0. The van der Waals surface area contributed by atoms with Crippen molar-refractivity contribution in [2.75, 3.05) is 13.1 Å². The van der Waals surface area contributed by atoms with Crippen LogP contribution in [0.3, 0.4) is 0 Å². The summed E-state index contributed by atoms with van der Waals surface area (Å²) in [6, 6.07) is 11.3. The number of carbonyl (C=O) groups excluding carboxylic acids is 1. The molecule has 0 unspecified atom stereocenters. The highest BCUT2D eigenvalue weighted by Crippen LogP contribution is 2.33. The third-order valence-electron chi connectivity index (χ3n) is 6.77. The van der Waals surface area contributed by atoms with E-state index in [0.717, 1.165) is 17.4 Å². The van der Waals surface area contributed by atoms with Crippen molar-refractivity contribution in [3.05, 3.63) is 77.4 Å². The van der Waals surface area contributed by atoms with Gasteiger partial charge in [-0.05, 0) is 56.5 Å². The smallest absolute Gasteiger partial charge is 0.339 e. The Bertz CT molecular complexity index is 1380. The summed E-state index contributed by atoms with van der Waals surface area (Å²) < 4.78 is 43.9. The van der Waals surface area contributed by atoms with Crippen LogP contribution in [0.25, 0.3) is 11.0 Å². The highest BCUT2D eigenvalue weighted by Gasteiger charge is 2.33. The molecule has 1 fully saturated rings. The maximum atomic E-state index is 13.4. The lowest BCUT2D eigenvalue weighted by molar-refractivity contribution is -0.138. The van der Waals surface area contributed by atoms with Crippen molar-refractivity contribution in [2.24, 2.45) is 0 Å². The number of piperidine rings is 1. The molecular formula is C26H27F3N6O. The lowest BCUT2D eigenvalue weighted by atomic mass is 9.95. The maximum Gasteiger partial charge on any atom is 0.416 e. The molecule has 0 aliphatic carbocycles. The molecule has 1 saturated heterocycles. The Labute approximate surface area is 206 Å². The Morgan fingerprint density at radius 1 is 1.11 bits per heavy atom. The first-order chi connectivity index (χ1) is 17.2. The molecule has 1 amide bonds. The summed E-state index contributed by atoms with van der Waals surface area (Å²) in [6.07, 6.45) is 0.322. The molecule has 188 valence electrons. The number of nitrogens with zero attached hydrogens (tertiary/aromatic N) is 6. The lowest BCUT2D eigenvalue weighted by Crippen LogP contribution is -2.38. The highest BCUT2D eigenvalue weighted by atomic mass is 19.4. The van der Waals surface area contributed by atoms with Crippen LogP contribution in [0, 0.1) is 0 Å². The number of benzene rings is 2. The number of likely N-dealkylation sites (tertiary alicyclic amines) is 1. The number of halogens is 3. The van der Waals surface area contributed by atoms with E-state index in [9.17, 15) is 18.0 Å². The van der Waals surface area contributed by atoms with Gasteiger partial charge < -0.3 is 9.47 Å². The SMILES string of the molecule is CC(C)n1nnc2cc(C(=O)N3CCC(c4nccn4Cc4ccccc4C(F)(F)F)CC3)ccc21. The number of amides is 1. The van der Waals surface area contributed by atoms with Gasteiger partial charge >= 0.3 is 6.18 Å². The minimum atomic E-state index is -4.41. The highest BCUT2D eigenvalue weighted by molar-refractivity contribution is 5.97. The minimum Gasteiger partial charge on any atom is -0.339 e. The first-order valence-electron chi connectivity index (χ1n) is 12.0. The Balaban J connectivity index is 1.27. The Morgan fingerprint density at radius 3 is 2.58 bits per heavy atom. The summed E-state index contributed by atoms with van der Waals surface area (Å²) in [5.41, 5.74) is 1.73. The molecule has 2 aromatic heterocycles. The summed E-state index contributed by atoms with van der Waals surface area (Å²) in [5, 5.41) is 8.37. The summed E-state index contributed by atoms with van der Waals surface area (Å²) in [6.45, 7) is 5.25. The van der Waals surface area contributed by atoms with Gasteiger partial charge in [-0.25, -0.2) is 9.67 Å². The van der Waals surface area contributed by atoms with Gasteiger partial charge in [0.05, 0.1) is 11.1 Å². The quantitative estimate of drug-likeness (QED) is 0.376. The van der Waals surface area contributed by atoms with E-state index in [1.807, 2.05) is 35.6 Å². The fourth-order valence-corrected chi connectivity index (χ4v) is 4.91. The zero-order valence-electron chi connectivity index (χ0n) is 20.1. The third kappa shape index (κ3) is 4.59. The zero-order chi connectivity index (χ0) is 25.4. The van der Waals surface area contributed by atoms with Crippen molar-refractivity contribution in [3.8, 4) is 0 Å². The second-order valence-corrected chi connectivity index (χ2v) is 9.47. The number of fused-ring (bicyclic) bond motifs is 1. The van der Waals surface area contributed by atoms with E-state index in [4.69, 9.17) is 0 Å². The van der Waals surface area contributed by atoms with E-state index in [0.29, 0.717) is 37.0 Å². The molecular weight excluding hydrogens is 469 g/mol. The van der Waals surface area contributed by atoms with Crippen molar-refractivity contribution < 1.29 is 18.0 Å². The van der Waals surface area contributed by atoms with E-state index in [1.54, 1.807) is 29.1 Å². The van der Waals surface area contributed by atoms with Gasteiger partial charge in [0.1, 0.15) is 11.3 Å². The molecule has 0 atom stereocenters. The topological polar surface area (TPSA) is 68.8 Å². The molecule has 5 rings (SSSR count). The molecule has 0 spiro atoms. The van der Waals surface area contributed by atoms with Gasteiger partial charge in [0.15, 0.2) is 0 Å². The number of alkyl halides is 3. The molecule has 1 aliphatic heterocycles. The van der Waals surface area contributed by atoms with Crippen molar-refractivity contribution in [2.45, 2.75) is 51.4 Å². The monoisotopic (exact) mass is 496 g/mol. The molecule has 0 saturated carbocycles. The van der Waals surface area contributed by atoms with E-state index >= 15 is 0 Å². The normalized spacial score (nSPS) is 15.2. The Hall–Kier alpha value is -3.69. The fourth-order valence-electron chi connectivity index (χ4n) is 4.91. The predicted octanol–water partition coefficient (Wildman–Crippen LogP) is 5.30. The minimum absolute atomic E-state index is 0.0584. The van der Waals surface area contributed by atoms with E-state index in [1.165, 1.54) is 12.1 Å². The molecule has 0 radical (unpaired) electrons. The molecule has 1 aliphatic rings. The van der Waals surface area contributed by atoms with E-state index in [-0.39, 0.29) is 30.0 Å². The van der Waals surface area contributed by atoms with Crippen LogP contribution >= 0.6 is 0 Å². The van der Waals surface area contributed by atoms with Gasteiger partial charge in [0.2, 0.25) is 0 Å². The van der Waals surface area contributed by atoms with Crippen LogP contribution < -0.4 is 0 Å². The van der Waals surface area contributed by atoms with Gasteiger partial charge in [-0.3, -0.25) is 4.79 Å². The lowest BCUT2D eigenvalue weighted by Gasteiger charge is -2.32. The zero-order valence-corrected chi connectivity index (χ0v) is 20.1. The second-order valence-electron chi connectivity index (χ2n) is 9.47. The summed E-state index contributed by atoms with van der Waals surface area (Å²) in [5.74, 6) is 0.762. The number of aromatic nitrogens is 5. The van der Waals surface area contributed by atoms with Crippen LogP contribution in [-0.4, -0.2) is 48.4 Å². The average Bonchev–Trinajstić information content (AvgIpc) is 3.50. The first kappa shape index (κ1) is 24.0. The van der Waals surface area contributed by atoms with Crippen LogP contribution in [0.5, 0.6) is 0 Å². The molecule has 4 aromatic rings. The molecule has 3 heterocycles. The number of rotatable bonds is 5. The predicted molar refractivity (Wildman–Crippen MR) is 129 cm³/mol. The maximum absolute atomic E-state index is 13.4. The van der Waals surface area contributed by atoms with E-state index < -0.39 is 11.7 Å². The Morgan fingerprint density at radius 2 is 1.86 bits per heavy atom. The van der Waals surface area contributed by atoms with Gasteiger partial charge in [-0.15, -0.1) is 5.10 Å². The fraction of sp³-hybridized carbons (Fsp3) is 0.385. The van der Waals surface area contributed by atoms with E-state index in [2.05, 4.69) is 15.3 Å². The molecule has 2 aromatic carbocycles. The van der Waals surface area contributed by atoms with Gasteiger partial charge in [0, 0.05) is 49.6 Å². The van der Waals surface area contributed by atoms with Gasteiger partial charge in [-0.1, -0.05) is 23.4 Å². The summed E-state index contributed by atoms with van der Waals surface area (Å²) in [4.78, 5) is 19.4. The molecule has 0 bridgehead atoms. The van der Waals surface area contributed by atoms with Gasteiger partial charge in [0.25, 0.3) is 5.91 Å². The number of imidazole rings is 1. The first-order valence-corrected chi connectivity index (χ1v) is 12.0. The van der Waals surface area contributed by atoms with Crippen LogP contribution in [0.2, 0.25) is 0 Å². The van der Waals surface area contributed by atoms with Crippen LogP contribution in [0.4, 0.5) is 13.2 Å². The molecule has 7 nitrogen and oxygen atoms in total. The second kappa shape index (κ2) is 9.40. The summed E-state index contributed by atoms with van der Waals surface area (Å²) in [7, 11) is 0. The van der Waals surface area contributed by atoms with Crippen molar-refractivity contribution >= 4 is 16.9 Å². The van der Waals surface area contributed by atoms with Crippen LogP contribution in [-0.2, 0) is 12.7 Å². The number of carbonyl (C=O) groups is 1. The average molecular weight is 497 g/mol. The standard InChI is InChI=1S/C26H27F3N6O/c1-17(2)35-23-8-7-19(15-22(23)31-32-35)25(36)33-12-9-18(10-13-33)24-30-11-14-34(24)16-20-5-3-4-6-21(20)26(27,28)29/h3-8,11,14-15,17-18H,9-10,12-13,16H2,1-2H3. The number of hydrogen-bond donors (Lipinski definition) is 0.